The lowest BCUT2D eigenvalue weighted by atomic mass is 10.1. The van der Waals surface area contributed by atoms with E-state index in [0.29, 0.717) is 0 Å². The normalized spacial score (nSPS) is 17.3. The van der Waals surface area contributed by atoms with Gasteiger partial charge in [-0.1, -0.05) is 52.3 Å². The maximum Gasteiger partial charge on any atom is 0.0858 e. The maximum atomic E-state index is 6.45. The van der Waals surface area contributed by atoms with Gasteiger partial charge in [0.25, 0.3) is 0 Å². The van der Waals surface area contributed by atoms with Crippen molar-refractivity contribution in [1.29, 1.82) is 0 Å². The summed E-state index contributed by atoms with van der Waals surface area (Å²) in [4.78, 5) is 0. The molecule has 0 bridgehead atoms. The second kappa shape index (κ2) is 3.36. The molecule has 0 radical (unpaired) electrons. The number of rotatable bonds is 0. The highest BCUT2D eigenvalue weighted by Gasteiger charge is 2.27. The Morgan fingerprint density at radius 1 is 0.933 bits per heavy atom. The quantitative estimate of drug-likeness (QED) is 0.610. The molecule has 0 nitrogen and oxygen atoms in total. The lowest BCUT2D eigenvalue weighted by Crippen LogP contribution is -1.86. The molecule has 2 aromatic carbocycles. The number of benzene rings is 2. The average molecular weight is 280 g/mol. The van der Waals surface area contributed by atoms with Gasteiger partial charge in [0.15, 0.2) is 0 Å². The third-order valence-electron chi connectivity index (χ3n) is 2.83. The van der Waals surface area contributed by atoms with E-state index in [2.05, 4.69) is 46.3 Å². The first kappa shape index (κ1) is 9.44. The van der Waals surface area contributed by atoms with Crippen molar-refractivity contribution in [2.75, 3.05) is 0 Å². The number of fused-ring (bicyclic) bond motifs is 3. The first-order valence-electron chi connectivity index (χ1n) is 4.81. The van der Waals surface area contributed by atoms with E-state index in [4.69, 9.17) is 11.6 Å². The van der Waals surface area contributed by atoms with E-state index in [1.54, 1.807) is 0 Å². The van der Waals surface area contributed by atoms with Crippen LogP contribution in [0.3, 0.4) is 0 Å². The van der Waals surface area contributed by atoms with E-state index in [0.717, 1.165) is 4.47 Å². The minimum atomic E-state index is -0.0215. The van der Waals surface area contributed by atoms with Crippen molar-refractivity contribution in [3.8, 4) is 11.1 Å². The van der Waals surface area contributed by atoms with Crippen LogP contribution >= 0.6 is 27.5 Å². The SMILES string of the molecule is ClC1c2ccccc2-c2cccc(Br)c21. The standard InChI is InChI=1S/C13H8BrCl/c14-11-7-3-6-9-8-4-1-2-5-10(8)13(15)12(9)11/h1-7,13H. The summed E-state index contributed by atoms with van der Waals surface area (Å²) in [6.45, 7) is 0. The highest BCUT2D eigenvalue weighted by molar-refractivity contribution is 9.10. The van der Waals surface area contributed by atoms with E-state index >= 15 is 0 Å². The van der Waals surface area contributed by atoms with E-state index in [9.17, 15) is 0 Å². The molecule has 3 rings (SSSR count). The van der Waals surface area contributed by atoms with Crippen LogP contribution in [-0.4, -0.2) is 0 Å². The van der Waals surface area contributed by atoms with Crippen LogP contribution in [0, 0.1) is 0 Å². The molecule has 74 valence electrons. The molecule has 0 amide bonds. The minimum absolute atomic E-state index is 0.0215. The van der Waals surface area contributed by atoms with E-state index in [1.807, 2.05) is 12.1 Å². The summed E-state index contributed by atoms with van der Waals surface area (Å²) >= 11 is 10.0. The predicted molar refractivity (Wildman–Crippen MR) is 67.3 cm³/mol. The summed E-state index contributed by atoms with van der Waals surface area (Å²) < 4.78 is 1.09. The number of hydrogen-bond donors (Lipinski definition) is 0. The molecule has 1 unspecified atom stereocenters. The molecule has 15 heavy (non-hydrogen) atoms. The fourth-order valence-electron chi connectivity index (χ4n) is 2.15. The highest BCUT2D eigenvalue weighted by Crippen LogP contribution is 2.49. The maximum absolute atomic E-state index is 6.45. The van der Waals surface area contributed by atoms with Gasteiger partial charge in [0.1, 0.15) is 0 Å². The second-order valence-corrected chi connectivity index (χ2v) is 4.94. The smallest absolute Gasteiger partial charge is 0.0858 e. The molecule has 1 aliphatic rings. The van der Waals surface area contributed by atoms with Gasteiger partial charge >= 0.3 is 0 Å². The molecule has 1 atom stereocenters. The van der Waals surface area contributed by atoms with Gasteiger partial charge in [-0.25, -0.2) is 0 Å². The summed E-state index contributed by atoms with van der Waals surface area (Å²) in [5.74, 6) is 0. The minimum Gasteiger partial charge on any atom is -0.113 e. The van der Waals surface area contributed by atoms with Gasteiger partial charge in [0, 0.05) is 4.47 Å². The van der Waals surface area contributed by atoms with Gasteiger partial charge in [-0.05, 0) is 28.3 Å². The van der Waals surface area contributed by atoms with Crippen molar-refractivity contribution in [2.24, 2.45) is 0 Å². The Morgan fingerprint density at radius 3 is 2.53 bits per heavy atom. The van der Waals surface area contributed by atoms with Crippen LogP contribution in [0.25, 0.3) is 11.1 Å². The zero-order valence-electron chi connectivity index (χ0n) is 7.87. The summed E-state index contributed by atoms with van der Waals surface area (Å²) in [5.41, 5.74) is 4.91. The van der Waals surface area contributed by atoms with Crippen LogP contribution < -0.4 is 0 Å². The molecule has 0 aromatic heterocycles. The lowest BCUT2D eigenvalue weighted by molar-refractivity contribution is 1.19. The summed E-state index contributed by atoms with van der Waals surface area (Å²) in [6, 6.07) is 14.5. The molecular formula is C13H8BrCl. The first-order valence-corrected chi connectivity index (χ1v) is 6.04. The Balaban J connectivity index is 2.37. The number of alkyl halides is 1. The third-order valence-corrected chi connectivity index (χ3v) is 3.98. The molecule has 0 aliphatic heterocycles. The van der Waals surface area contributed by atoms with Crippen molar-refractivity contribution >= 4 is 27.5 Å². The van der Waals surface area contributed by atoms with Crippen LogP contribution in [0.4, 0.5) is 0 Å². The fourth-order valence-corrected chi connectivity index (χ4v) is 3.30. The Bertz CT molecular complexity index is 534. The molecule has 0 fully saturated rings. The molecule has 0 spiro atoms. The molecule has 0 heterocycles. The van der Waals surface area contributed by atoms with Crippen molar-refractivity contribution in [2.45, 2.75) is 5.38 Å². The lowest BCUT2D eigenvalue weighted by Gasteiger charge is -2.05. The van der Waals surface area contributed by atoms with Gasteiger partial charge in [-0.2, -0.15) is 0 Å². The predicted octanol–water partition coefficient (Wildman–Crippen LogP) is 4.76. The molecular weight excluding hydrogens is 271 g/mol. The molecule has 1 aliphatic carbocycles. The topological polar surface area (TPSA) is 0 Å². The van der Waals surface area contributed by atoms with Crippen molar-refractivity contribution in [1.82, 2.24) is 0 Å². The zero-order chi connectivity index (χ0) is 10.4. The van der Waals surface area contributed by atoms with Crippen LogP contribution in [0.15, 0.2) is 46.9 Å². The van der Waals surface area contributed by atoms with Crippen molar-refractivity contribution < 1.29 is 0 Å². The molecule has 0 saturated heterocycles. The van der Waals surface area contributed by atoms with E-state index < -0.39 is 0 Å². The van der Waals surface area contributed by atoms with Crippen LogP contribution in [0.1, 0.15) is 16.5 Å². The molecule has 0 N–H and O–H groups in total. The van der Waals surface area contributed by atoms with Crippen molar-refractivity contribution in [3.05, 3.63) is 58.1 Å². The van der Waals surface area contributed by atoms with Gasteiger partial charge < -0.3 is 0 Å². The highest BCUT2D eigenvalue weighted by atomic mass is 79.9. The van der Waals surface area contributed by atoms with Crippen LogP contribution in [0.5, 0.6) is 0 Å². The first-order chi connectivity index (χ1) is 7.29. The molecule has 0 saturated carbocycles. The molecule has 2 heteroatoms. The average Bonchev–Trinajstić information content (AvgIpc) is 2.55. The van der Waals surface area contributed by atoms with Gasteiger partial charge in [0.2, 0.25) is 0 Å². The fraction of sp³-hybridized carbons (Fsp3) is 0.0769. The Morgan fingerprint density at radius 2 is 1.67 bits per heavy atom. The van der Waals surface area contributed by atoms with Crippen LogP contribution in [-0.2, 0) is 0 Å². The number of hydrogen-bond acceptors (Lipinski definition) is 0. The summed E-state index contributed by atoms with van der Waals surface area (Å²) in [7, 11) is 0. The molecule has 2 aromatic rings. The Labute approximate surface area is 102 Å². The van der Waals surface area contributed by atoms with E-state index in [1.165, 1.54) is 22.3 Å². The van der Waals surface area contributed by atoms with Gasteiger partial charge in [-0.3, -0.25) is 0 Å². The third kappa shape index (κ3) is 1.27. The van der Waals surface area contributed by atoms with Gasteiger partial charge in [-0.15, -0.1) is 11.6 Å². The van der Waals surface area contributed by atoms with Crippen molar-refractivity contribution in [3.63, 3.8) is 0 Å². The van der Waals surface area contributed by atoms with Gasteiger partial charge in [0.05, 0.1) is 5.38 Å². The van der Waals surface area contributed by atoms with E-state index in [-0.39, 0.29) is 5.38 Å². The second-order valence-electron chi connectivity index (χ2n) is 3.65. The zero-order valence-corrected chi connectivity index (χ0v) is 10.2. The largest absolute Gasteiger partial charge is 0.113 e. The van der Waals surface area contributed by atoms with Crippen LogP contribution in [0.2, 0.25) is 0 Å². The summed E-state index contributed by atoms with van der Waals surface area (Å²) in [6.07, 6.45) is 0. The number of halogens is 2. The Kier molecular flexibility index (Phi) is 2.11. The summed E-state index contributed by atoms with van der Waals surface area (Å²) in [5, 5.41) is -0.0215. The monoisotopic (exact) mass is 278 g/mol. The Hall–Kier alpha value is -0.790.